The number of nitrogens with one attached hydrogen (secondary N) is 2. The van der Waals surface area contributed by atoms with E-state index in [-0.39, 0.29) is 30.3 Å². The molecule has 1 unspecified atom stereocenters. The Morgan fingerprint density at radius 2 is 1.82 bits per heavy atom. The number of nitrogens with zero attached hydrogens (tertiary/aromatic N) is 4. The zero-order chi connectivity index (χ0) is 28.3. The van der Waals surface area contributed by atoms with Gasteiger partial charge in [-0.1, -0.05) is 19.9 Å². The van der Waals surface area contributed by atoms with Crippen molar-refractivity contribution in [1.29, 1.82) is 0 Å². The number of carbonyl (C=O) groups is 2. The van der Waals surface area contributed by atoms with Crippen molar-refractivity contribution >= 4 is 33.7 Å². The van der Waals surface area contributed by atoms with E-state index in [4.69, 9.17) is 0 Å². The first-order valence-corrected chi connectivity index (χ1v) is 13.6. The predicted molar refractivity (Wildman–Crippen MR) is 141 cm³/mol. The van der Waals surface area contributed by atoms with Gasteiger partial charge in [0.1, 0.15) is 23.5 Å². The molecule has 4 rings (SSSR count). The number of anilines is 2. The third kappa shape index (κ3) is 6.48. The molecule has 0 aliphatic carbocycles. The Bertz CT molecular complexity index is 1460. The van der Waals surface area contributed by atoms with Crippen LogP contribution in [-0.4, -0.2) is 50.0 Å². The van der Waals surface area contributed by atoms with Crippen molar-refractivity contribution in [2.75, 3.05) is 22.8 Å². The highest BCUT2D eigenvalue weighted by Crippen LogP contribution is 2.26. The van der Waals surface area contributed by atoms with E-state index in [1.165, 1.54) is 24.3 Å². The summed E-state index contributed by atoms with van der Waals surface area (Å²) in [5.74, 6) is -1.99. The van der Waals surface area contributed by atoms with Crippen molar-refractivity contribution in [2.24, 2.45) is 0 Å². The molecule has 2 N–H and O–H groups in total. The molecule has 3 heterocycles. The van der Waals surface area contributed by atoms with Crippen LogP contribution in [0.25, 0.3) is 0 Å². The molecule has 1 aliphatic rings. The number of fused-ring (bicyclic) bond motifs is 1. The highest BCUT2D eigenvalue weighted by Gasteiger charge is 2.33. The largest absolute Gasteiger partial charge is 0.330 e. The highest BCUT2D eigenvalue weighted by molar-refractivity contribution is 7.91. The van der Waals surface area contributed by atoms with Gasteiger partial charge in [-0.3, -0.25) is 9.78 Å². The minimum absolute atomic E-state index is 0.0853. The molecule has 1 aliphatic heterocycles. The molecule has 0 fully saturated rings. The van der Waals surface area contributed by atoms with Gasteiger partial charge < -0.3 is 10.2 Å². The first-order valence-electron chi connectivity index (χ1n) is 12.2. The summed E-state index contributed by atoms with van der Waals surface area (Å²) < 4.78 is 56.5. The Hall–Kier alpha value is -4.13. The van der Waals surface area contributed by atoms with Crippen LogP contribution in [0.5, 0.6) is 0 Å². The van der Waals surface area contributed by atoms with Gasteiger partial charge in [0.05, 0.1) is 11.9 Å². The van der Waals surface area contributed by atoms with Crippen LogP contribution < -0.4 is 19.2 Å². The van der Waals surface area contributed by atoms with Gasteiger partial charge in [-0.05, 0) is 53.8 Å². The third-order valence-electron chi connectivity index (χ3n) is 6.25. The number of benzene rings is 1. The number of carbonyl (C=O) groups excluding carboxylic acids is 2. The summed E-state index contributed by atoms with van der Waals surface area (Å²) >= 11 is 0. The summed E-state index contributed by atoms with van der Waals surface area (Å²) in [6.45, 7) is 4.03. The second-order valence-electron chi connectivity index (χ2n) is 9.42. The molecule has 1 atom stereocenters. The fourth-order valence-corrected chi connectivity index (χ4v) is 5.36. The standard InChI is InChI=1S/C26H28F2N6O4S/c1-16(2)22-7-6-21(15-30-22)33(3)25(35)23(13-17-11-19(27)14-20(28)12-17)31-26(36)32-39(37,38)34-10-8-18-5-4-9-29-24(18)34/h4-7,9,11-12,14-16,23H,8,10,13H2,1-3H3,(H2,31,32,36). The second kappa shape index (κ2) is 11.3. The lowest BCUT2D eigenvalue weighted by Gasteiger charge is -2.26. The normalized spacial score (nSPS) is 13.6. The lowest BCUT2D eigenvalue weighted by atomic mass is 10.0. The topological polar surface area (TPSA) is 125 Å². The average molecular weight is 559 g/mol. The highest BCUT2D eigenvalue weighted by atomic mass is 32.2. The van der Waals surface area contributed by atoms with E-state index in [0.29, 0.717) is 23.7 Å². The molecule has 0 spiro atoms. The maximum absolute atomic E-state index is 13.9. The monoisotopic (exact) mass is 558 g/mol. The first-order chi connectivity index (χ1) is 18.4. The summed E-state index contributed by atoms with van der Waals surface area (Å²) in [6.07, 6.45) is 3.05. The van der Waals surface area contributed by atoms with E-state index in [9.17, 15) is 26.8 Å². The fourth-order valence-electron chi connectivity index (χ4n) is 4.23. The van der Waals surface area contributed by atoms with E-state index in [2.05, 4.69) is 15.3 Å². The minimum atomic E-state index is -4.36. The molecule has 1 aromatic carbocycles. The molecule has 3 amide bonds. The molecule has 2 aromatic heterocycles. The van der Waals surface area contributed by atoms with Crippen LogP contribution in [0.15, 0.2) is 54.9 Å². The number of pyridine rings is 2. The third-order valence-corrected chi connectivity index (χ3v) is 7.62. The van der Waals surface area contributed by atoms with Crippen molar-refractivity contribution in [1.82, 2.24) is 20.0 Å². The van der Waals surface area contributed by atoms with Crippen molar-refractivity contribution in [3.8, 4) is 0 Å². The van der Waals surface area contributed by atoms with Gasteiger partial charge >= 0.3 is 16.2 Å². The number of likely N-dealkylation sites (N-methyl/N-ethyl adjacent to an activating group) is 1. The van der Waals surface area contributed by atoms with Gasteiger partial charge in [-0.25, -0.2) is 27.6 Å². The Kier molecular flexibility index (Phi) is 8.09. The van der Waals surface area contributed by atoms with Crippen LogP contribution in [0.1, 0.15) is 36.6 Å². The molecule has 0 radical (unpaired) electrons. The van der Waals surface area contributed by atoms with Crippen LogP contribution in [0, 0.1) is 11.6 Å². The Morgan fingerprint density at radius 1 is 1.10 bits per heavy atom. The summed E-state index contributed by atoms with van der Waals surface area (Å²) in [7, 11) is -2.91. The summed E-state index contributed by atoms with van der Waals surface area (Å²) in [5, 5.41) is 2.36. The van der Waals surface area contributed by atoms with Crippen molar-refractivity contribution in [3.63, 3.8) is 0 Å². The molecule has 0 saturated heterocycles. The predicted octanol–water partition coefficient (Wildman–Crippen LogP) is 3.06. The van der Waals surface area contributed by atoms with Crippen molar-refractivity contribution in [2.45, 2.75) is 38.6 Å². The molecule has 0 saturated carbocycles. The Morgan fingerprint density at radius 3 is 2.46 bits per heavy atom. The second-order valence-corrected chi connectivity index (χ2v) is 11.0. The van der Waals surface area contributed by atoms with Crippen LogP contribution in [-0.2, 0) is 27.8 Å². The molecular weight excluding hydrogens is 530 g/mol. The van der Waals surface area contributed by atoms with Gasteiger partial charge in [0, 0.05) is 38.0 Å². The van der Waals surface area contributed by atoms with Crippen LogP contribution in [0.2, 0.25) is 0 Å². The number of aromatic nitrogens is 2. The number of halogens is 2. The average Bonchev–Trinajstić information content (AvgIpc) is 3.32. The van der Waals surface area contributed by atoms with Gasteiger partial charge in [0.15, 0.2) is 0 Å². The molecule has 206 valence electrons. The zero-order valence-corrected chi connectivity index (χ0v) is 22.4. The number of amides is 3. The first kappa shape index (κ1) is 27.9. The molecule has 3 aromatic rings. The molecule has 0 bridgehead atoms. The van der Waals surface area contributed by atoms with E-state index in [1.54, 1.807) is 24.3 Å². The number of hydrogen-bond acceptors (Lipinski definition) is 6. The van der Waals surface area contributed by atoms with Crippen LogP contribution in [0.4, 0.5) is 25.1 Å². The maximum atomic E-state index is 13.9. The van der Waals surface area contributed by atoms with Crippen molar-refractivity contribution < 1.29 is 26.8 Å². The number of urea groups is 1. The number of rotatable bonds is 8. The molecule has 10 nitrogen and oxygen atoms in total. The Labute approximate surface area is 225 Å². The molecule has 13 heteroatoms. The zero-order valence-electron chi connectivity index (χ0n) is 21.6. The lowest BCUT2D eigenvalue weighted by molar-refractivity contribution is -0.120. The Balaban J connectivity index is 1.55. The van der Waals surface area contributed by atoms with Crippen LogP contribution >= 0.6 is 0 Å². The summed E-state index contributed by atoms with van der Waals surface area (Å²) in [6, 6.07) is 7.06. The van der Waals surface area contributed by atoms with Gasteiger partial charge in [-0.15, -0.1) is 0 Å². The van der Waals surface area contributed by atoms with Crippen molar-refractivity contribution in [3.05, 3.63) is 83.3 Å². The molecular formula is C26H28F2N6O4S. The lowest BCUT2D eigenvalue weighted by Crippen LogP contribution is -2.54. The fraction of sp³-hybridized carbons (Fsp3) is 0.308. The SMILES string of the molecule is CC(C)c1ccc(N(C)C(=O)C(Cc2cc(F)cc(F)c2)NC(=O)NS(=O)(=O)N2CCc3cccnc32)cn1. The van der Waals surface area contributed by atoms with E-state index >= 15 is 0 Å². The quantitative estimate of drug-likeness (QED) is 0.438. The minimum Gasteiger partial charge on any atom is -0.325 e. The maximum Gasteiger partial charge on any atom is 0.330 e. The van der Waals surface area contributed by atoms with E-state index < -0.39 is 39.8 Å². The van der Waals surface area contributed by atoms with E-state index in [0.717, 1.165) is 22.1 Å². The smallest absolute Gasteiger partial charge is 0.325 e. The summed E-state index contributed by atoms with van der Waals surface area (Å²) in [4.78, 5) is 36.0. The summed E-state index contributed by atoms with van der Waals surface area (Å²) in [5.41, 5.74) is 2.03. The van der Waals surface area contributed by atoms with Gasteiger partial charge in [-0.2, -0.15) is 8.42 Å². The molecule has 39 heavy (non-hydrogen) atoms. The van der Waals surface area contributed by atoms with Gasteiger partial charge in [0.25, 0.3) is 0 Å². The van der Waals surface area contributed by atoms with Crippen LogP contribution in [0.3, 0.4) is 0 Å². The number of hydrogen-bond donors (Lipinski definition) is 2. The van der Waals surface area contributed by atoms with Gasteiger partial charge in [0.2, 0.25) is 5.91 Å². The van der Waals surface area contributed by atoms with E-state index in [1.807, 2.05) is 18.6 Å².